The van der Waals surface area contributed by atoms with Gasteiger partial charge in [-0.25, -0.2) is 14.6 Å². The molecule has 0 N–H and O–H groups in total. The lowest BCUT2D eigenvalue weighted by molar-refractivity contribution is 0.0743. The summed E-state index contributed by atoms with van der Waals surface area (Å²) in [5, 5.41) is 8.35. The highest BCUT2D eigenvalue weighted by molar-refractivity contribution is 5.96. The molecule has 3 aromatic heterocycles. The van der Waals surface area contributed by atoms with Crippen molar-refractivity contribution in [2.45, 2.75) is 0 Å². The molecule has 1 aliphatic heterocycles. The van der Waals surface area contributed by atoms with E-state index < -0.39 is 0 Å². The van der Waals surface area contributed by atoms with Crippen LogP contribution in [0.2, 0.25) is 0 Å². The molecule has 4 rings (SSSR count). The third-order valence-electron chi connectivity index (χ3n) is 4.49. The lowest BCUT2D eigenvalue weighted by Gasteiger charge is -2.35. The number of hydrogen-bond donors (Lipinski definition) is 0. The van der Waals surface area contributed by atoms with Gasteiger partial charge in [-0.3, -0.25) is 9.48 Å². The maximum atomic E-state index is 12.8. The second-order valence-corrected chi connectivity index (χ2v) is 6.19. The van der Waals surface area contributed by atoms with E-state index in [1.165, 1.54) is 13.4 Å². The number of ether oxygens (including phenoxy) is 1. The van der Waals surface area contributed by atoms with E-state index >= 15 is 0 Å². The zero-order chi connectivity index (χ0) is 18.8. The van der Waals surface area contributed by atoms with E-state index in [1.807, 2.05) is 23.2 Å². The molecule has 1 amide bonds. The van der Waals surface area contributed by atoms with E-state index in [1.54, 1.807) is 28.8 Å². The Bertz CT molecular complexity index is 928. The number of carbonyl (C=O) groups excluding carboxylic acids is 1. The van der Waals surface area contributed by atoms with E-state index in [2.05, 4.69) is 25.1 Å². The van der Waals surface area contributed by atoms with E-state index in [9.17, 15) is 4.79 Å². The van der Waals surface area contributed by atoms with Gasteiger partial charge in [0.25, 0.3) is 5.91 Å². The van der Waals surface area contributed by atoms with Gasteiger partial charge in [-0.05, 0) is 6.07 Å². The zero-order valence-electron chi connectivity index (χ0n) is 15.2. The summed E-state index contributed by atoms with van der Waals surface area (Å²) in [6.45, 7) is 2.56. The molecule has 0 radical (unpaired) electrons. The van der Waals surface area contributed by atoms with Gasteiger partial charge in [0.05, 0.1) is 7.11 Å². The molecule has 0 atom stereocenters. The lowest BCUT2D eigenvalue weighted by Crippen LogP contribution is -2.49. The van der Waals surface area contributed by atoms with Crippen molar-refractivity contribution >= 4 is 11.7 Å². The number of hydrogen-bond acceptors (Lipinski definition) is 7. The maximum Gasteiger partial charge on any atom is 0.261 e. The number of amides is 1. The summed E-state index contributed by atoms with van der Waals surface area (Å²) in [7, 11) is 3.28. The number of aryl methyl sites for hydroxylation is 1. The summed E-state index contributed by atoms with van der Waals surface area (Å²) < 4.78 is 8.48. The van der Waals surface area contributed by atoms with Gasteiger partial charge in [0, 0.05) is 57.9 Å². The lowest BCUT2D eigenvalue weighted by atomic mass is 10.2. The molecule has 1 aliphatic rings. The van der Waals surface area contributed by atoms with Crippen molar-refractivity contribution in [1.29, 1.82) is 0 Å². The molecule has 3 aromatic rings. The number of anilines is 1. The Balaban J connectivity index is 1.45. The molecular weight excluding hydrogens is 348 g/mol. The van der Waals surface area contributed by atoms with Gasteiger partial charge in [0.2, 0.25) is 5.88 Å². The van der Waals surface area contributed by atoms with Crippen LogP contribution in [0.4, 0.5) is 5.82 Å². The minimum Gasteiger partial charge on any atom is -0.479 e. The van der Waals surface area contributed by atoms with Gasteiger partial charge in [0.15, 0.2) is 5.82 Å². The molecule has 27 heavy (non-hydrogen) atoms. The normalized spacial score (nSPS) is 14.4. The predicted molar refractivity (Wildman–Crippen MR) is 97.0 cm³/mol. The first-order valence-electron chi connectivity index (χ1n) is 8.59. The molecule has 0 spiro atoms. The fraction of sp³-hybridized carbons (Fsp3) is 0.353. The van der Waals surface area contributed by atoms with Gasteiger partial charge in [-0.15, -0.1) is 5.10 Å². The minimum atomic E-state index is -0.0699. The van der Waals surface area contributed by atoms with Crippen molar-refractivity contribution in [3.63, 3.8) is 0 Å². The highest BCUT2D eigenvalue weighted by Gasteiger charge is 2.26. The monoisotopic (exact) mass is 368 g/mol. The van der Waals surface area contributed by atoms with E-state index in [-0.39, 0.29) is 5.91 Å². The molecule has 0 aromatic carbocycles. The third-order valence-corrected chi connectivity index (χ3v) is 4.49. The molecule has 0 bridgehead atoms. The number of rotatable bonds is 4. The molecule has 1 saturated heterocycles. The average Bonchev–Trinajstić information content (AvgIpc) is 3.37. The Morgan fingerprint density at radius 3 is 2.63 bits per heavy atom. The number of methoxy groups -OCH3 is 1. The second-order valence-electron chi connectivity index (χ2n) is 6.19. The number of nitrogens with zero attached hydrogens (tertiary/aromatic N) is 8. The van der Waals surface area contributed by atoms with E-state index in [4.69, 9.17) is 4.74 Å². The van der Waals surface area contributed by atoms with Crippen LogP contribution in [0.5, 0.6) is 5.88 Å². The fourth-order valence-corrected chi connectivity index (χ4v) is 3.11. The molecule has 4 heterocycles. The van der Waals surface area contributed by atoms with Gasteiger partial charge >= 0.3 is 0 Å². The summed E-state index contributed by atoms with van der Waals surface area (Å²) in [5.41, 5.74) is 0.483. The van der Waals surface area contributed by atoms with Crippen LogP contribution in [0.15, 0.2) is 37.1 Å². The Morgan fingerprint density at radius 1 is 1.15 bits per heavy atom. The van der Waals surface area contributed by atoms with Crippen molar-refractivity contribution in [1.82, 2.24) is 34.4 Å². The minimum absolute atomic E-state index is 0.0699. The number of aromatic nitrogens is 6. The first kappa shape index (κ1) is 17.0. The Labute approximate surface area is 156 Å². The van der Waals surface area contributed by atoms with Gasteiger partial charge in [-0.2, -0.15) is 5.10 Å². The Kier molecular flexibility index (Phi) is 4.45. The SMILES string of the molecule is COc1nn(C)cc1C(=O)N1CCN(c2cc(-n3cccn3)ncn2)CC1. The summed E-state index contributed by atoms with van der Waals surface area (Å²) >= 11 is 0. The van der Waals surface area contributed by atoms with Crippen molar-refractivity contribution in [3.8, 4) is 11.7 Å². The van der Waals surface area contributed by atoms with Crippen LogP contribution in [0, 0.1) is 0 Å². The molecule has 0 unspecified atom stereocenters. The first-order valence-corrected chi connectivity index (χ1v) is 8.59. The van der Waals surface area contributed by atoms with Crippen LogP contribution in [-0.4, -0.2) is 73.6 Å². The highest BCUT2D eigenvalue weighted by atomic mass is 16.5. The second kappa shape index (κ2) is 7.06. The fourth-order valence-electron chi connectivity index (χ4n) is 3.11. The molecule has 0 saturated carbocycles. The van der Waals surface area contributed by atoms with Crippen molar-refractivity contribution in [3.05, 3.63) is 42.6 Å². The van der Waals surface area contributed by atoms with Gasteiger partial charge in [0.1, 0.15) is 17.7 Å². The smallest absolute Gasteiger partial charge is 0.261 e. The number of carbonyl (C=O) groups is 1. The van der Waals surface area contributed by atoms with Crippen LogP contribution in [0.25, 0.3) is 5.82 Å². The molecule has 10 heteroatoms. The van der Waals surface area contributed by atoms with Crippen LogP contribution in [-0.2, 0) is 7.05 Å². The molecule has 0 aliphatic carbocycles. The summed E-state index contributed by atoms with van der Waals surface area (Å²) in [6.07, 6.45) is 6.77. The summed E-state index contributed by atoms with van der Waals surface area (Å²) in [5.74, 6) is 1.81. The number of piperazine rings is 1. The topological polar surface area (TPSA) is 94.2 Å². The quantitative estimate of drug-likeness (QED) is 0.656. The predicted octanol–water partition coefficient (Wildman–Crippen LogP) is 0.367. The summed E-state index contributed by atoms with van der Waals surface area (Å²) in [4.78, 5) is 25.4. The van der Waals surface area contributed by atoms with E-state index in [0.29, 0.717) is 43.4 Å². The molecule has 140 valence electrons. The van der Waals surface area contributed by atoms with Crippen LogP contribution in [0.1, 0.15) is 10.4 Å². The third kappa shape index (κ3) is 3.33. The molecule has 1 fully saturated rings. The largest absolute Gasteiger partial charge is 0.479 e. The summed E-state index contributed by atoms with van der Waals surface area (Å²) in [6, 6.07) is 3.74. The van der Waals surface area contributed by atoms with Crippen molar-refractivity contribution in [2.75, 3.05) is 38.2 Å². The Morgan fingerprint density at radius 2 is 1.93 bits per heavy atom. The van der Waals surface area contributed by atoms with Gasteiger partial charge in [-0.1, -0.05) is 0 Å². The van der Waals surface area contributed by atoms with Crippen molar-refractivity contribution < 1.29 is 9.53 Å². The van der Waals surface area contributed by atoms with Crippen LogP contribution < -0.4 is 9.64 Å². The standard InChI is InChI=1S/C17H20N8O2/c1-22-11-13(16(21-22)27-2)17(26)24-8-6-23(7-9-24)14-10-15(19-12-18-14)25-5-3-4-20-25/h3-5,10-12H,6-9H2,1-2H3. The first-order chi connectivity index (χ1) is 13.2. The van der Waals surface area contributed by atoms with E-state index in [0.717, 1.165) is 5.82 Å². The molecule has 10 nitrogen and oxygen atoms in total. The average molecular weight is 368 g/mol. The van der Waals surface area contributed by atoms with Crippen LogP contribution >= 0.6 is 0 Å². The van der Waals surface area contributed by atoms with Crippen LogP contribution in [0.3, 0.4) is 0 Å². The Hall–Kier alpha value is -3.43. The maximum absolute atomic E-state index is 12.8. The van der Waals surface area contributed by atoms with Crippen molar-refractivity contribution in [2.24, 2.45) is 7.05 Å². The van der Waals surface area contributed by atoms with Gasteiger partial charge < -0.3 is 14.5 Å². The highest BCUT2D eigenvalue weighted by Crippen LogP contribution is 2.20. The molecular formula is C17H20N8O2. The zero-order valence-corrected chi connectivity index (χ0v) is 15.2.